The Bertz CT molecular complexity index is 1260. The van der Waals surface area contributed by atoms with Gasteiger partial charge in [0.05, 0.1) is 21.4 Å². The van der Waals surface area contributed by atoms with E-state index < -0.39 is 35.1 Å². The number of nitrogens with one attached hydrogen (secondary N) is 1. The van der Waals surface area contributed by atoms with Crippen molar-refractivity contribution >= 4 is 79.4 Å². The molecule has 0 aliphatic rings. The smallest absolute Gasteiger partial charge is 0.344 e. The van der Waals surface area contributed by atoms with Crippen molar-refractivity contribution in [2.24, 2.45) is 0 Å². The molecule has 3 rings (SSSR count). The lowest BCUT2D eigenvalue weighted by atomic mass is 10.3. The molecule has 0 unspecified atom stereocenters. The normalized spacial score (nSPS) is 11.1. The Morgan fingerprint density at radius 2 is 1.68 bits per heavy atom. The van der Waals surface area contributed by atoms with Crippen molar-refractivity contribution < 1.29 is 27.5 Å². The number of hydrogen-bond acceptors (Lipinski definition) is 7. The maximum atomic E-state index is 12.6. The number of hydrogen-bond donors (Lipinski definition) is 1. The van der Waals surface area contributed by atoms with Crippen molar-refractivity contribution in [3.05, 3.63) is 69.0 Å². The van der Waals surface area contributed by atoms with Gasteiger partial charge in [-0.05, 0) is 47.8 Å². The summed E-state index contributed by atoms with van der Waals surface area (Å²) in [6.45, 7) is -1.04. The zero-order valence-corrected chi connectivity index (χ0v) is 21.4. The third-order valence-corrected chi connectivity index (χ3v) is 8.28. The molecule has 0 saturated heterocycles. The molecular formula is C21H17Cl3N2O6S2. The first-order valence-corrected chi connectivity index (χ1v) is 12.9. The third kappa shape index (κ3) is 6.55. The molecule has 3 aromatic rings. The SMILES string of the molecule is CN(c1ccc(OCC(=O)OCC(=O)Nc2c(Cl)cc(Cl)cc2Cl)cc1)S(=O)(=O)c1cccs1. The van der Waals surface area contributed by atoms with Crippen molar-refractivity contribution in [3.8, 4) is 5.75 Å². The minimum absolute atomic E-state index is 0.137. The summed E-state index contributed by atoms with van der Waals surface area (Å²) in [5.74, 6) is -1.13. The van der Waals surface area contributed by atoms with Crippen LogP contribution in [-0.4, -0.2) is 40.6 Å². The van der Waals surface area contributed by atoms with Gasteiger partial charge in [0.15, 0.2) is 13.2 Å². The van der Waals surface area contributed by atoms with E-state index in [4.69, 9.17) is 44.3 Å². The molecule has 0 atom stereocenters. The maximum Gasteiger partial charge on any atom is 0.344 e. The van der Waals surface area contributed by atoms with Gasteiger partial charge in [-0.3, -0.25) is 9.10 Å². The molecule has 0 fully saturated rings. The van der Waals surface area contributed by atoms with Crippen molar-refractivity contribution in [3.63, 3.8) is 0 Å². The molecule has 1 amide bonds. The summed E-state index contributed by atoms with van der Waals surface area (Å²) in [5, 5.41) is 4.70. The highest BCUT2D eigenvalue weighted by atomic mass is 35.5. The van der Waals surface area contributed by atoms with Crippen LogP contribution in [0.3, 0.4) is 0 Å². The quantitative estimate of drug-likeness (QED) is 0.364. The Hall–Kier alpha value is -2.50. The number of benzene rings is 2. The fourth-order valence-electron chi connectivity index (χ4n) is 2.60. The van der Waals surface area contributed by atoms with Gasteiger partial charge in [0.1, 0.15) is 9.96 Å². The molecule has 0 bridgehead atoms. The zero-order valence-electron chi connectivity index (χ0n) is 17.5. The van der Waals surface area contributed by atoms with E-state index in [1.165, 1.54) is 37.4 Å². The third-order valence-electron chi connectivity index (χ3n) is 4.30. The minimum Gasteiger partial charge on any atom is -0.482 e. The number of ether oxygens (including phenoxy) is 2. The molecule has 1 heterocycles. The van der Waals surface area contributed by atoms with Crippen LogP contribution >= 0.6 is 46.1 Å². The van der Waals surface area contributed by atoms with E-state index in [9.17, 15) is 18.0 Å². The summed E-state index contributed by atoms with van der Waals surface area (Å²) in [6, 6.07) is 12.1. The van der Waals surface area contributed by atoms with Gasteiger partial charge in [0.2, 0.25) is 0 Å². The summed E-state index contributed by atoms with van der Waals surface area (Å²) in [4.78, 5) is 23.9. The topological polar surface area (TPSA) is 102 Å². The van der Waals surface area contributed by atoms with E-state index in [2.05, 4.69) is 5.32 Å². The summed E-state index contributed by atoms with van der Waals surface area (Å²) in [5.41, 5.74) is 0.565. The minimum atomic E-state index is -3.66. The van der Waals surface area contributed by atoms with Crippen molar-refractivity contribution in [2.75, 3.05) is 29.9 Å². The van der Waals surface area contributed by atoms with Crippen LogP contribution in [-0.2, 0) is 24.3 Å². The highest BCUT2D eigenvalue weighted by molar-refractivity contribution is 7.94. The number of sulfonamides is 1. The lowest BCUT2D eigenvalue weighted by Crippen LogP contribution is -2.25. The van der Waals surface area contributed by atoms with Gasteiger partial charge in [0.25, 0.3) is 15.9 Å². The van der Waals surface area contributed by atoms with Crippen LogP contribution in [0.25, 0.3) is 0 Å². The van der Waals surface area contributed by atoms with E-state index in [1.54, 1.807) is 23.6 Å². The predicted octanol–water partition coefficient (Wildman–Crippen LogP) is 5.09. The lowest BCUT2D eigenvalue weighted by Gasteiger charge is -2.18. The molecule has 2 aromatic carbocycles. The Morgan fingerprint density at radius 3 is 2.26 bits per heavy atom. The number of carbonyl (C=O) groups excluding carboxylic acids is 2. The van der Waals surface area contributed by atoms with Crippen molar-refractivity contribution in [1.29, 1.82) is 0 Å². The molecule has 180 valence electrons. The molecule has 0 aliphatic carbocycles. The fraction of sp³-hybridized carbons (Fsp3) is 0.143. The lowest BCUT2D eigenvalue weighted by molar-refractivity contribution is -0.149. The first kappa shape index (κ1) is 26.1. The second kappa shape index (κ2) is 11.3. The van der Waals surface area contributed by atoms with Gasteiger partial charge in [-0.2, -0.15) is 0 Å². The van der Waals surface area contributed by atoms with Crippen molar-refractivity contribution in [1.82, 2.24) is 0 Å². The average Bonchev–Trinajstić information content (AvgIpc) is 3.34. The van der Waals surface area contributed by atoms with Crippen LogP contribution in [0.2, 0.25) is 15.1 Å². The molecular weight excluding hydrogens is 547 g/mol. The summed E-state index contributed by atoms with van der Waals surface area (Å²) >= 11 is 18.9. The maximum absolute atomic E-state index is 12.6. The average molecular weight is 564 g/mol. The number of thiophene rings is 1. The largest absolute Gasteiger partial charge is 0.482 e. The standard InChI is InChI=1S/C21H17Cl3N2O6S2/c1-26(34(29,30)20-3-2-8-33-20)14-4-6-15(7-5-14)31-12-19(28)32-11-18(27)25-21-16(23)9-13(22)10-17(21)24/h2-10H,11-12H2,1H3,(H,25,27). The molecule has 13 heteroatoms. The summed E-state index contributed by atoms with van der Waals surface area (Å²) in [6.07, 6.45) is 0. The molecule has 8 nitrogen and oxygen atoms in total. The predicted molar refractivity (Wildman–Crippen MR) is 133 cm³/mol. The first-order valence-electron chi connectivity index (χ1n) is 9.43. The Labute approximate surface area is 215 Å². The van der Waals surface area contributed by atoms with Gasteiger partial charge < -0.3 is 14.8 Å². The molecule has 34 heavy (non-hydrogen) atoms. The Balaban J connectivity index is 1.48. The molecule has 0 aliphatic heterocycles. The summed E-state index contributed by atoms with van der Waals surface area (Å²) < 4.78 is 36.7. The Kier molecular flexibility index (Phi) is 8.67. The zero-order chi connectivity index (χ0) is 24.9. The van der Waals surface area contributed by atoms with Crippen LogP contribution in [0.4, 0.5) is 11.4 Å². The van der Waals surface area contributed by atoms with Crippen molar-refractivity contribution in [2.45, 2.75) is 4.21 Å². The molecule has 0 radical (unpaired) electrons. The van der Waals surface area contributed by atoms with E-state index in [-0.39, 0.29) is 19.9 Å². The van der Waals surface area contributed by atoms with E-state index in [0.29, 0.717) is 16.5 Å². The monoisotopic (exact) mass is 562 g/mol. The van der Waals surface area contributed by atoms with E-state index in [1.807, 2.05) is 0 Å². The van der Waals surface area contributed by atoms with E-state index in [0.717, 1.165) is 15.6 Å². The second-order valence-corrected chi connectivity index (χ2v) is 11.0. The number of carbonyl (C=O) groups is 2. The van der Waals surface area contributed by atoms with E-state index >= 15 is 0 Å². The number of nitrogens with zero attached hydrogens (tertiary/aromatic N) is 1. The van der Waals surface area contributed by atoms with Gasteiger partial charge in [-0.15, -0.1) is 11.3 Å². The van der Waals surface area contributed by atoms with Crippen LogP contribution in [0.15, 0.2) is 58.1 Å². The summed E-state index contributed by atoms with van der Waals surface area (Å²) in [7, 11) is -2.21. The molecule has 0 spiro atoms. The van der Waals surface area contributed by atoms with Crippen LogP contribution < -0.4 is 14.4 Å². The highest BCUT2D eigenvalue weighted by Gasteiger charge is 2.22. The Morgan fingerprint density at radius 1 is 1.03 bits per heavy atom. The molecule has 1 aromatic heterocycles. The van der Waals surface area contributed by atoms with Crippen LogP contribution in [0.1, 0.15) is 0 Å². The second-order valence-electron chi connectivity index (χ2n) is 6.64. The highest BCUT2D eigenvalue weighted by Crippen LogP contribution is 2.33. The van der Waals surface area contributed by atoms with Crippen LogP contribution in [0, 0.1) is 0 Å². The molecule has 0 saturated carbocycles. The van der Waals surface area contributed by atoms with Gasteiger partial charge in [-0.25, -0.2) is 13.2 Å². The van der Waals surface area contributed by atoms with Crippen LogP contribution in [0.5, 0.6) is 5.75 Å². The number of rotatable bonds is 9. The van der Waals surface area contributed by atoms with Gasteiger partial charge in [0, 0.05) is 12.1 Å². The number of anilines is 2. The van der Waals surface area contributed by atoms with Gasteiger partial charge in [-0.1, -0.05) is 40.9 Å². The number of halogens is 3. The fourth-order valence-corrected chi connectivity index (χ4v) is 5.87. The molecule has 1 N–H and O–H groups in total. The first-order chi connectivity index (χ1) is 16.1. The number of esters is 1. The number of amides is 1. The van der Waals surface area contributed by atoms with Gasteiger partial charge >= 0.3 is 5.97 Å².